The Labute approximate surface area is 113 Å². The topological polar surface area (TPSA) is 70.1 Å². The molecule has 1 aromatic heterocycles. The first-order valence-corrected chi connectivity index (χ1v) is 5.70. The van der Waals surface area contributed by atoms with Gasteiger partial charge < -0.3 is 0 Å². The van der Waals surface area contributed by atoms with Crippen LogP contribution in [-0.2, 0) is 0 Å². The van der Waals surface area contributed by atoms with Gasteiger partial charge in [0.15, 0.2) is 0 Å². The smallest absolute Gasteiger partial charge is 0.273 e. The highest BCUT2D eigenvalue weighted by Gasteiger charge is 2.04. The molecule has 0 aliphatic rings. The van der Waals surface area contributed by atoms with Gasteiger partial charge in [0.2, 0.25) is 0 Å². The van der Waals surface area contributed by atoms with Crippen molar-refractivity contribution in [3.05, 3.63) is 51.8 Å². The van der Waals surface area contributed by atoms with Gasteiger partial charge in [-0.3, -0.25) is 9.89 Å². The van der Waals surface area contributed by atoms with Gasteiger partial charge in [0, 0.05) is 16.8 Å². The SMILES string of the molecule is O=C(NN=Cc1ccc(Cl)cc1Cl)c1ccn[nH]1. The summed E-state index contributed by atoms with van der Waals surface area (Å²) in [5.41, 5.74) is 3.33. The quantitative estimate of drug-likeness (QED) is 0.671. The second kappa shape index (κ2) is 5.66. The number of amides is 1. The van der Waals surface area contributed by atoms with E-state index in [1.54, 1.807) is 24.3 Å². The lowest BCUT2D eigenvalue weighted by molar-refractivity contribution is 0.0950. The molecule has 2 rings (SSSR count). The van der Waals surface area contributed by atoms with Gasteiger partial charge in [-0.25, -0.2) is 5.43 Å². The zero-order valence-electron chi connectivity index (χ0n) is 9.02. The Morgan fingerprint density at radius 1 is 1.39 bits per heavy atom. The maximum absolute atomic E-state index is 11.5. The summed E-state index contributed by atoms with van der Waals surface area (Å²) >= 11 is 11.7. The molecule has 2 N–H and O–H groups in total. The molecule has 92 valence electrons. The van der Waals surface area contributed by atoms with Gasteiger partial charge in [0.1, 0.15) is 5.69 Å². The van der Waals surface area contributed by atoms with Crippen LogP contribution in [0.4, 0.5) is 0 Å². The van der Waals surface area contributed by atoms with Crippen molar-refractivity contribution < 1.29 is 4.79 Å². The maximum atomic E-state index is 11.5. The molecule has 2 aromatic rings. The van der Waals surface area contributed by atoms with E-state index in [1.165, 1.54) is 12.4 Å². The first-order chi connectivity index (χ1) is 8.66. The van der Waals surface area contributed by atoms with Gasteiger partial charge in [-0.1, -0.05) is 29.3 Å². The fourth-order valence-corrected chi connectivity index (χ4v) is 1.67. The third-order valence-electron chi connectivity index (χ3n) is 2.08. The Balaban J connectivity index is 2.01. The molecule has 7 heteroatoms. The number of aromatic nitrogens is 2. The number of H-pyrrole nitrogens is 1. The number of nitrogens with zero attached hydrogens (tertiary/aromatic N) is 2. The summed E-state index contributed by atoms with van der Waals surface area (Å²) in [6.07, 6.45) is 2.92. The van der Waals surface area contributed by atoms with Crippen molar-refractivity contribution in [2.45, 2.75) is 0 Å². The Bertz CT molecular complexity index is 581. The molecule has 0 spiro atoms. The molecule has 0 aliphatic carbocycles. The van der Waals surface area contributed by atoms with Crippen LogP contribution in [0, 0.1) is 0 Å². The van der Waals surface area contributed by atoms with Crippen LogP contribution in [0.15, 0.2) is 35.6 Å². The molecule has 0 fully saturated rings. The van der Waals surface area contributed by atoms with E-state index in [0.29, 0.717) is 21.3 Å². The molecule has 0 aliphatic heterocycles. The first kappa shape index (κ1) is 12.6. The number of halogens is 2. The summed E-state index contributed by atoms with van der Waals surface area (Å²) in [5.74, 6) is -0.381. The fraction of sp³-hybridized carbons (Fsp3) is 0. The number of hydrazone groups is 1. The largest absolute Gasteiger partial charge is 0.289 e. The minimum absolute atomic E-state index is 0.328. The number of benzene rings is 1. The molecule has 0 saturated heterocycles. The molecular weight excluding hydrogens is 275 g/mol. The third kappa shape index (κ3) is 3.09. The highest BCUT2D eigenvalue weighted by Crippen LogP contribution is 2.19. The molecular formula is C11H8Cl2N4O. The van der Waals surface area contributed by atoms with Crippen molar-refractivity contribution in [2.75, 3.05) is 0 Å². The van der Waals surface area contributed by atoms with E-state index < -0.39 is 0 Å². The summed E-state index contributed by atoms with van der Waals surface area (Å²) in [7, 11) is 0. The van der Waals surface area contributed by atoms with E-state index in [2.05, 4.69) is 20.7 Å². The molecule has 0 radical (unpaired) electrons. The number of carbonyl (C=O) groups excluding carboxylic acids is 1. The lowest BCUT2D eigenvalue weighted by Crippen LogP contribution is -2.18. The van der Waals surface area contributed by atoms with E-state index >= 15 is 0 Å². The molecule has 0 unspecified atom stereocenters. The average Bonchev–Trinajstić information content (AvgIpc) is 2.85. The van der Waals surface area contributed by atoms with E-state index in [9.17, 15) is 4.79 Å². The summed E-state index contributed by atoms with van der Waals surface area (Å²) in [6, 6.07) is 6.53. The van der Waals surface area contributed by atoms with Crippen LogP contribution < -0.4 is 5.43 Å². The van der Waals surface area contributed by atoms with Crippen LogP contribution in [0.3, 0.4) is 0 Å². The van der Waals surface area contributed by atoms with Crippen molar-refractivity contribution in [1.29, 1.82) is 0 Å². The molecule has 0 atom stereocenters. The molecule has 0 bridgehead atoms. The Morgan fingerprint density at radius 3 is 2.89 bits per heavy atom. The van der Waals surface area contributed by atoms with Gasteiger partial charge in [-0.15, -0.1) is 0 Å². The normalized spacial score (nSPS) is 10.8. The van der Waals surface area contributed by atoms with Crippen LogP contribution in [0.5, 0.6) is 0 Å². The molecule has 1 aromatic carbocycles. The van der Waals surface area contributed by atoms with Crippen LogP contribution in [-0.4, -0.2) is 22.3 Å². The zero-order chi connectivity index (χ0) is 13.0. The monoisotopic (exact) mass is 282 g/mol. The van der Waals surface area contributed by atoms with Crippen LogP contribution in [0.25, 0.3) is 0 Å². The predicted molar refractivity (Wildman–Crippen MR) is 70.1 cm³/mol. The first-order valence-electron chi connectivity index (χ1n) is 4.94. The number of carbonyl (C=O) groups is 1. The van der Waals surface area contributed by atoms with Gasteiger partial charge in [-0.2, -0.15) is 10.2 Å². The van der Waals surface area contributed by atoms with Crippen LogP contribution in [0.1, 0.15) is 16.1 Å². The standard InChI is InChI=1S/C11H8Cl2N4O/c12-8-2-1-7(9(13)5-8)6-15-17-11(18)10-3-4-14-16-10/h1-6H,(H,14,16)(H,17,18). The molecule has 18 heavy (non-hydrogen) atoms. The number of nitrogens with one attached hydrogen (secondary N) is 2. The van der Waals surface area contributed by atoms with Gasteiger partial charge in [0.25, 0.3) is 5.91 Å². The number of rotatable bonds is 3. The highest BCUT2D eigenvalue weighted by atomic mass is 35.5. The molecule has 1 amide bonds. The lowest BCUT2D eigenvalue weighted by Gasteiger charge is -1.99. The third-order valence-corrected chi connectivity index (χ3v) is 2.64. The van der Waals surface area contributed by atoms with Gasteiger partial charge >= 0.3 is 0 Å². The Hall–Kier alpha value is -1.85. The summed E-state index contributed by atoms with van der Waals surface area (Å²) in [6.45, 7) is 0. The second-order valence-corrected chi connectivity index (χ2v) is 4.18. The summed E-state index contributed by atoms with van der Waals surface area (Å²) in [4.78, 5) is 11.5. The van der Waals surface area contributed by atoms with E-state index in [0.717, 1.165) is 0 Å². The summed E-state index contributed by atoms with van der Waals surface area (Å²) < 4.78 is 0. The number of hydrogen-bond acceptors (Lipinski definition) is 3. The maximum Gasteiger partial charge on any atom is 0.289 e. The fourth-order valence-electron chi connectivity index (χ4n) is 1.21. The average molecular weight is 283 g/mol. The van der Waals surface area contributed by atoms with Gasteiger partial charge in [-0.05, 0) is 18.2 Å². The van der Waals surface area contributed by atoms with E-state index in [-0.39, 0.29) is 5.91 Å². The number of hydrogen-bond donors (Lipinski definition) is 2. The lowest BCUT2D eigenvalue weighted by atomic mass is 10.2. The van der Waals surface area contributed by atoms with E-state index in [4.69, 9.17) is 23.2 Å². The summed E-state index contributed by atoms with van der Waals surface area (Å²) in [5, 5.41) is 11.0. The van der Waals surface area contributed by atoms with Crippen molar-refractivity contribution in [2.24, 2.45) is 5.10 Å². The minimum Gasteiger partial charge on any atom is -0.273 e. The molecule has 0 saturated carbocycles. The van der Waals surface area contributed by atoms with Crippen molar-refractivity contribution in [3.63, 3.8) is 0 Å². The zero-order valence-corrected chi connectivity index (χ0v) is 10.5. The van der Waals surface area contributed by atoms with Crippen molar-refractivity contribution >= 4 is 35.3 Å². The molecule has 5 nitrogen and oxygen atoms in total. The number of aromatic amines is 1. The minimum atomic E-state index is -0.381. The van der Waals surface area contributed by atoms with Crippen molar-refractivity contribution in [3.8, 4) is 0 Å². The predicted octanol–water partition coefficient (Wildman–Crippen LogP) is 2.48. The van der Waals surface area contributed by atoms with Gasteiger partial charge in [0.05, 0.1) is 11.2 Å². The van der Waals surface area contributed by atoms with Crippen LogP contribution in [0.2, 0.25) is 10.0 Å². The Morgan fingerprint density at radius 2 is 2.22 bits per heavy atom. The van der Waals surface area contributed by atoms with Crippen molar-refractivity contribution in [1.82, 2.24) is 15.6 Å². The Kier molecular flexibility index (Phi) is 3.96. The van der Waals surface area contributed by atoms with Crippen LogP contribution >= 0.6 is 23.2 Å². The highest BCUT2D eigenvalue weighted by molar-refractivity contribution is 6.36. The van der Waals surface area contributed by atoms with E-state index in [1.807, 2.05) is 0 Å². The second-order valence-electron chi connectivity index (χ2n) is 3.34. The molecule has 1 heterocycles.